The summed E-state index contributed by atoms with van der Waals surface area (Å²) in [6.45, 7) is 6.55. The monoisotopic (exact) mass is 168 g/mol. The predicted octanol–water partition coefficient (Wildman–Crippen LogP) is 1.25. The number of rotatable bonds is 3. The molecule has 0 fully saturated rings. The molecule has 0 aromatic heterocycles. The van der Waals surface area contributed by atoms with E-state index in [1.807, 2.05) is 0 Å². The van der Waals surface area contributed by atoms with Gasteiger partial charge in [0.2, 0.25) is 0 Å². The maximum Gasteiger partial charge on any atom is 0.333 e. The molecule has 0 aliphatic heterocycles. The molecule has 0 aromatic carbocycles. The van der Waals surface area contributed by atoms with E-state index in [0.29, 0.717) is 5.57 Å². The molecule has 0 rings (SSSR count). The van der Waals surface area contributed by atoms with Gasteiger partial charge in [-0.3, -0.25) is 4.79 Å². The van der Waals surface area contributed by atoms with Gasteiger partial charge in [0.1, 0.15) is 0 Å². The number of hydrogen-bond donors (Lipinski definition) is 0. The van der Waals surface area contributed by atoms with Crippen LogP contribution in [0, 0.1) is 0 Å². The zero-order chi connectivity index (χ0) is 9.72. The minimum absolute atomic E-state index is 0.252. The van der Waals surface area contributed by atoms with Crippen LogP contribution in [0.1, 0.15) is 13.8 Å². The van der Waals surface area contributed by atoms with Crippen LogP contribution in [0.3, 0.4) is 0 Å². The molecule has 0 spiro atoms. The van der Waals surface area contributed by atoms with E-state index < -0.39 is 5.97 Å². The maximum absolute atomic E-state index is 11.0. The number of carbonyl (C=O) groups is 2. The topological polar surface area (TPSA) is 43.4 Å². The highest BCUT2D eigenvalue weighted by atomic mass is 16.5. The highest BCUT2D eigenvalue weighted by Gasteiger charge is 2.05. The van der Waals surface area contributed by atoms with Gasteiger partial charge < -0.3 is 4.74 Å². The largest absolute Gasteiger partial charge is 0.466 e. The molecule has 0 atom stereocenters. The number of allylic oxidation sites excluding steroid dienone is 2. The van der Waals surface area contributed by atoms with Crippen molar-refractivity contribution in [1.82, 2.24) is 0 Å². The van der Waals surface area contributed by atoms with Crippen molar-refractivity contribution < 1.29 is 14.3 Å². The first-order valence-electron chi connectivity index (χ1n) is 3.45. The van der Waals surface area contributed by atoms with Crippen LogP contribution in [-0.2, 0) is 14.3 Å². The normalized spacial score (nSPS) is 10.8. The Morgan fingerprint density at radius 1 is 1.33 bits per heavy atom. The molecular formula is C9H12O3. The van der Waals surface area contributed by atoms with E-state index in [4.69, 9.17) is 0 Å². The van der Waals surface area contributed by atoms with Crippen LogP contribution < -0.4 is 0 Å². The summed E-state index contributed by atoms with van der Waals surface area (Å²) in [5.41, 5.74) is 0.684. The van der Waals surface area contributed by atoms with E-state index in [1.165, 1.54) is 20.1 Å². The molecule has 0 aromatic rings. The summed E-state index contributed by atoms with van der Waals surface area (Å²) < 4.78 is 4.40. The van der Waals surface area contributed by atoms with Gasteiger partial charge in [0, 0.05) is 5.57 Å². The van der Waals surface area contributed by atoms with E-state index >= 15 is 0 Å². The summed E-state index contributed by atoms with van der Waals surface area (Å²) in [6, 6.07) is 0. The van der Waals surface area contributed by atoms with Crippen molar-refractivity contribution >= 4 is 11.8 Å². The fourth-order valence-corrected chi connectivity index (χ4v) is 0.540. The first kappa shape index (κ1) is 10.6. The molecule has 66 valence electrons. The van der Waals surface area contributed by atoms with E-state index in [1.54, 1.807) is 6.92 Å². The SMILES string of the molecule is C=C(C)C(=O)/C=C(/C)C(=O)OC. The van der Waals surface area contributed by atoms with Crippen molar-refractivity contribution in [3.05, 3.63) is 23.8 Å². The van der Waals surface area contributed by atoms with E-state index in [2.05, 4.69) is 11.3 Å². The van der Waals surface area contributed by atoms with Gasteiger partial charge in [0.05, 0.1) is 7.11 Å². The molecule has 0 saturated heterocycles. The third kappa shape index (κ3) is 3.14. The average molecular weight is 168 g/mol. The molecule has 3 nitrogen and oxygen atoms in total. The summed E-state index contributed by atoms with van der Waals surface area (Å²) in [4.78, 5) is 21.8. The lowest BCUT2D eigenvalue weighted by atomic mass is 10.1. The lowest BCUT2D eigenvalue weighted by Crippen LogP contribution is -2.04. The fourth-order valence-electron chi connectivity index (χ4n) is 0.540. The number of carbonyl (C=O) groups excluding carboxylic acids is 2. The lowest BCUT2D eigenvalue weighted by Gasteiger charge is -1.97. The standard InChI is InChI=1S/C9H12O3/c1-6(2)8(10)5-7(3)9(11)12-4/h5H,1H2,2-4H3/b7-5-. The second-order valence-electron chi connectivity index (χ2n) is 2.46. The Labute approximate surface area is 71.7 Å². The summed E-state index contributed by atoms with van der Waals surface area (Å²) in [7, 11) is 1.27. The average Bonchev–Trinajstić information content (AvgIpc) is 2.02. The smallest absolute Gasteiger partial charge is 0.333 e. The molecule has 0 radical (unpaired) electrons. The molecule has 0 bridgehead atoms. The molecule has 3 heteroatoms. The second kappa shape index (κ2) is 4.49. The van der Waals surface area contributed by atoms with Gasteiger partial charge in [0.15, 0.2) is 5.78 Å². The minimum atomic E-state index is -0.496. The Bertz CT molecular complexity index is 248. The van der Waals surface area contributed by atoms with E-state index in [9.17, 15) is 9.59 Å². The summed E-state index contributed by atoms with van der Waals surface area (Å²) in [6.07, 6.45) is 1.22. The molecule has 0 N–H and O–H groups in total. The quantitative estimate of drug-likeness (QED) is 0.470. The third-order valence-electron chi connectivity index (χ3n) is 1.28. The van der Waals surface area contributed by atoms with Crippen LogP contribution in [0.5, 0.6) is 0 Å². The Hall–Kier alpha value is -1.38. The van der Waals surface area contributed by atoms with Gasteiger partial charge in [-0.05, 0) is 25.5 Å². The van der Waals surface area contributed by atoms with Gasteiger partial charge in [-0.2, -0.15) is 0 Å². The van der Waals surface area contributed by atoms with Crippen molar-refractivity contribution in [2.24, 2.45) is 0 Å². The minimum Gasteiger partial charge on any atom is -0.466 e. The lowest BCUT2D eigenvalue weighted by molar-refractivity contribution is -0.136. The highest BCUT2D eigenvalue weighted by molar-refractivity contribution is 6.07. The van der Waals surface area contributed by atoms with Crippen LogP contribution in [0.25, 0.3) is 0 Å². The van der Waals surface area contributed by atoms with Crippen LogP contribution in [-0.4, -0.2) is 18.9 Å². The highest BCUT2D eigenvalue weighted by Crippen LogP contribution is 1.99. The van der Waals surface area contributed by atoms with Crippen LogP contribution in [0.15, 0.2) is 23.8 Å². The number of ether oxygens (including phenoxy) is 1. The van der Waals surface area contributed by atoms with Crippen LogP contribution >= 0.6 is 0 Å². The molecule has 0 saturated carbocycles. The van der Waals surface area contributed by atoms with Crippen molar-refractivity contribution in [3.8, 4) is 0 Å². The van der Waals surface area contributed by atoms with Crippen LogP contribution in [0.4, 0.5) is 0 Å². The molecule has 0 aliphatic carbocycles. The molecule has 0 amide bonds. The molecule has 0 unspecified atom stereocenters. The van der Waals surface area contributed by atoms with Crippen molar-refractivity contribution in [3.63, 3.8) is 0 Å². The predicted molar refractivity (Wildman–Crippen MR) is 45.6 cm³/mol. The van der Waals surface area contributed by atoms with Crippen molar-refractivity contribution in [1.29, 1.82) is 0 Å². The molecule has 12 heavy (non-hydrogen) atoms. The first-order valence-corrected chi connectivity index (χ1v) is 3.45. The Morgan fingerprint density at radius 3 is 2.17 bits per heavy atom. The Kier molecular flexibility index (Phi) is 3.97. The first-order chi connectivity index (χ1) is 5.49. The van der Waals surface area contributed by atoms with Crippen LogP contribution in [0.2, 0.25) is 0 Å². The maximum atomic E-state index is 11.0. The molecule has 0 heterocycles. The van der Waals surface area contributed by atoms with Gasteiger partial charge in [-0.1, -0.05) is 6.58 Å². The number of ketones is 1. The van der Waals surface area contributed by atoms with E-state index in [-0.39, 0.29) is 11.4 Å². The Morgan fingerprint density at radius 2 is 1.83 bits per heavy atom. The van der Waals surface area contributed by atoms with Gasteiger partial charge in [0.25, 0.3) is 0 Å². The fraction of sp³-hybridized carbons (Fsp3) is 0.333. The second-order valence-corrected chi connectivity index (χ2v) is 2.46. The number of methoxy groups -OCH3 is 1. The number of esters is 1. The summed E-state index contributed by atoms with van der Waals surface area (Å²) in [5, 5.41) is 0. The zero-order valence-electron chi connectivity index (χ0n) is 7.51. The number of hydrogen-bond acceptors (Lipinski definition) is 3. The zero-order valence-corrected chi connectivity index (χ0v) is 7.51. The van der Waals surface area contributed by atoms with Gasteiger partial charge >= 0.3 is 5.97 Å². The Balaban J connectivity index is 4.46. The van der Waals surface area contributed by atoms with Crippen molar-refractivity contribution in [2.45, 2.75) is 13.8 Å². The summed E-state index contributed by atoms with van der Waals surface area (Å²) in [5.74, 6) is -0.748. The van der Waals surface area contributed by atoms with Gasteiger partial charge in [-0.25, -0.2) is 4.79 Å². The molecular weight excluding hydrogens is 156 g/mol. The van der Waals surface area contributed by atoms with Crippen molar-refractivity contribution in [2.75, 3.05) is 7.11 Å². The van der Waals surface area contributed by atoms with E-state index in [0.717, 1.165) is 0 Å². The molecule has 0 aliphatic rings. The third-order valence-corrected chi connectivity index (χ3v) is 1.28. The van der Waals surface area contributed by atoms with Gasteiger partial charge in [-0.15, -0.1) is 0 Å². The summed E-state index contributed by atoms with van der Waals surface area (Å²) >= 11 is 0.